The van der Waals surface area contributed by atoms with Gasteiger partial charge in [0.15, 0.2) is 0 Å². The zero-order valence-corrected chi connectivity index (χ0v) is 12.5. The third-order valence-corrected chi connectivity index (χ3v) is 3.39. The minimum absolute atomic E-state index is 0.0237. The van der Waals surface area contributed by atoms with Gasteiger partial charge in [-0.05, 0) is 19.1 Å². The van der Waals surface area contributed by atoms with Crippen LogP contribution in [0.15, 0.2) is 29.1 Å². The number of hydrogen-bond donors (Lipinski definition) is 2. The van der Waals surface area contributed by atoms with Gasteiger partial charge in [-0.1, -0.05) is 38.5 Å². The summed E-state index contributed by atoms with van der Waals surface area (Å²) in [5.74, 6) is 0. The van der Waals surface area contributed by atoms with Crippen LogP contribution >= 0.6 is 0 Å². The molecule has 1 aromatic heterocycles. The number of rotatable bonds is 3. The van der Waals surface area contributed by atoms with Crippen molar-refractivity contribution in [3.63, 3.8) is 0 Å². The van der Waals surface area contributed by atoms with Crippen molar-refractivity contribution < 1.29 is 5.11 Å². The summed E-state index contributed by atoms with van der Waals surface area (Å²) in [4.78, 5) is 12.5. The van der Waals surface area contributed by atoms with E-state index in [2.05, 4.69) is 25.9 Å². The van der Waals surface area contributed by atoms with Crippen LogP contribution in [-0.4, -0.2) is 21.5 Å². The van der Waals surface area contributed by atoms with Crippen molar-refractivity contribution >= 4 is 0 Å². The summed E-state index contributed by atoms with van der Waals surface area (Å²) in [5.41, 5.74) is 3.28. The van der Waals surface area contributed by atoms with Gasteiger partial charge in [-0.2, -0.15) is 0 Å². The highest BCUT2D eigenvalue weighted by Crippen LogP contribution is 2.23. The van der Waals surface area contributed by atoms with Crippen molar-refractivity contribution in [3.8, 4) is 5.69 Å². The maximum absolute atomic E-state index is 12.5. The Labute approximate surface area is 119 Å². The molecule has 2 rings (SSSR count). The molecule has 0 saturated carbocycles. The molecule has 0 radical (unpaired) electrons. The molecule has 0 aliphatic heterocycles. The molecule has 0 atom stereocenters. The third-order valence-electron chi connectivity index (χ3n) is 3.39. The van der Waals surface area contributed by atoms with Crippen molar-refractivity contribution in [2.45, 2.75) is 39.5 Å². The van der Waals surface area contributed by atoms with Crippen LogP contribution in [0.1, 0.15) is 37.6 Å². The SMILES string of the molecule is Cc1ccc(-n2[nH]c(C(C)(C)C)c(CCO)c2=O)cc1. The quantitative estimate of drug-likeness (QED) is 0.902. The zero-order chi connectivity index (χ0) is 14.9. The topological polar surface area (TPSA) is 58.0 Å². The lowest BCUT2D eigenvalue weighted by Crippen LogP contribution is -2.19. The monoisotopic (exact) mass is 274 g/mol. The average Bonchev–Trinajstić information content (AvgIpc) is 2.69. The number of aryl methyl sites for hydroxylation is 1. The summed E-state index contributed by atoms with van der Waals surface area (Å²) in [7, 11) is 0. The molecule has 0 fully saturated rings. The van der Waals surface area contributed by atoms with Crippen LogP contribution in [-0.2, 0) is 11.8 Å². The Morgan fingerprint density at radius 2 is 1.80 bits per heavy atom. The van der Waals surface area contributed by atoms with Gasteiger partial charge in [-0.15, -0.1) is 0 Å². The van der Waals surface area contributed by atoms with Crippen molar-refractivity contribution in [1.29, 1.82) is 0 Å². The maximum atomic E-state index is 12.5. The van der Waals surface area contributed by atoms with Gasteiger partial charge >= 0.3 is 0 Å². The Hall–Kier alpha value is -1.81. The molecular weight excluding hydrogens is 252 g/mol. The lowest BCUT2D eigenvalue weighted by Gasteiger charge is -2.18. The van der Waals surface area contributed by atoms with Crippen molar-refractivity contribution in [2.24, 2.45) is 0 Å². The summed E-state index contributed by atoms with van der Waals surface area (Å²) in [6.07, 6.45) is 0.376. The van der Waals surface area contributed by atoms with Gasteiger partial charge < -0.3 is 5.11 Å². The van der Waals surface area contributed by atoms with E-state index in [1.54, 1.807) is 4.68 Å². The van der Waals surface area contributed by atoms with Crippen molar-refractivity contribution in [2.75, 3.05) is 6.61 Å². The molecule has 4 nitrogen and oxygen atoms in total. The first-order chi connectivity index (χ1) is 9.34. The molecule has 0 aliphatic rings. The minimum atomic E-state index is -0.167. The lowest BCUT2D eigenvalue weighted by atomic mass is 9.89. The van der Waals surface area contributed by atoms with E-state index < -0.39 is 0 Å². The van der Waals surface area contributed by atoms with Crippen LogP contribution in [0.4, 0.5) is 0 Å². The van der Waals surface area contributed by atoms with Crippen LogP contribution in [0.5, 0.6) is 0 Å². The molecule has 1 aromatic carbocycles. The van der Waals surface area contributed by atoms with E-state index in [9.17, 15) is 9.90 Å². The van der Waals surface area contributed by atoms with Crippen molar-refractivity contribution in [3.05, 3.63) is 51.4 Å². The second-order valence-electron chi connectivity index (χ2n) is 6.17. The van der Waals surface area contributed by atoms with E-state index in [4.69, 9.17) is 0 Å². The second-order valence-corrected chi connectivity index (χ2v) is 6.17. The largest absolute Gasteiger partial charge is 0.396 e. The fourth-order valence-electron chi connectivity index (χ4n) is 2.31. The summed E-state index contributed by atoms with van der Waals surface area (Å²) >= 11 is 0. The Bertz CT molecular complexity index is 643. The number of aliphatic hydroxyl groups excluding tert-OH is 1. The molecule has 0 aliphatic carbocycles. The zero-order valence-electron chi connectivity index (χ0n) is 12.5. The number of nitrogens with zero attached hydrogens (tertiary/aromatic N) is 1. The Kier molecular flexibility index (Phi) is 3.86. The highest BCUT2D eigenvalue weighted by atomic mass is 16.3. The van der Waals surface area contributed by atoms with E-state index in [1.165, 1.54) is 0 Å². The Morgan fingerprint density at radius 1 is 1.20 bits per heavy atom. The van der Waals surface area contributed by atoms with Crippen LogP contribution in [0, 0.1) is 6.92 Å². The summed E-state index contributed by atoms with van der Waals surface area (Å²) < 4.78 is 1.56. The van der Waals surface area contributed by atoms with Gasteiger partial charge in [0.1, 0.15) is 0 Å². The second kappa shape index (κ2) is 5.29. The molecule has 0 amide bonds. The standard InChI is InChI=1S/C16H22N2O2/c1-11-5-7-12(8-6-11)18-15(20)13(9-10-19)14(17-18)16(2,3)4/h5-8,17,19H,9-10H2,1-4H3. The summed E-state index contributed by atoms with van der Waals surface area (Å²) in [6, 6.07) is 7.79. The van der Waals surface area contributed by atoms with Gasteiger partial charge in [0.25, 0.3) is 5.56 Å². The highest BCUT2D eigenvalue weighted by molar-refractivity contribution is 5.36. The van der Waals surface area contributed by atoms with E-state index in [0.717, 1.165) is 16.9 Å². The van der Waals surface area contributed by atoms with Crippen LogP contribution < -0.4 is 5.56 Å². The number of aromatic amines is 1. The van der Waals surface area contributed by atoms with E-state index in [-0.39, 0.29) is 17.6 Å². The first kappa shape index (κ1) is 14.6. The highest BCUT2D eigenvalue weighted by Gasteiger charge is 2.24. The molecule has 0 unspecified atom stereocenters. The third kappa shape index (κ3) is 2.70. The first-order valence-corrected chi connectivity index (χ1v) is 6.87. The molecule has 2 aromatic rings. The molecule has 0 bridgehead atoms. The van der Waals surface area contributed by atoms with Gasteiger partial charge in [-0.3, -0.25) is 9.89 Å². The van der Waals surface area contributed by atoms with Crippen LogP contribution in [0.3, 0.4) is 0 Å². The van der Waals surface area contributed by atoms with Gasteiger partial charge in [0.2, 0.25) is 0 Å². The average molecular weight is 274 g/mol. The number of H-pyrrole nitrogens is 1. The molecule has 1 heterocycles. The van der Waals surface area contributed by atoms with Gasteiger partial charge in [0, 0.05) is 29.7 Å². The molecule has 0 spiro atoms. The van der Waals surface area contributed by atoms with Gasteiger partial charge in [0.05, 0.1) is 5.69 Å². The number of benzene rings is 1. The van der Waals surface area contributed by atoms with E-state index >= 15 is 0 Å². The summed E-state index contributed by atoms with van der Waals surface area (Å²) in [6.45, 7) is 8.15. The Balaban J connectivity index is 2.61. The lowest BCUT2D eigenvalue weighted by molar-refractivity contribution is 0.298. The predicted molar refractivity (Wildman–Crippen MR) is 80.6 cm³/mol. The molecule has 0 saturated heterocycles. The number of aliphatic hydroxyl groups is 1. The minimum Gasteiger partial charge on any atom is -0.396 e. The van der Waals surface area contributed by atoms with E-state index in [0.29, 0.717) is 12.0 Å². The van der Waals surface area contributed by atoms with E-state index in [1.807, 2.05) is 31.2 Å². The number of nitrogens with one attached hydrogen (secondary N) is 1. The van der Waals surface area contributed by atoms with Gasteiger partial charge in [-0.25, -0.2) is 4.68 Å². The molecule has 4 heteroatoms. The summed E-state index contributed by atoms with van der Waals surface area (Å²) in [5, 5.41) is 12.4. The normalized spacial score (nSPS) is 11.8. The maximum Gasteiger partial charge on any atom is 0.274 e. The Morgan fingerprint density at radius 3 is 2.30 bits per heavy atom. The first-order valence-electron chi connectivity index (χ1n) is 6.87. The fraction of sp³-hybridized carbons (Fsp3) is 0.438. The van der Waals surface area contributed by atoms with Crippen LogP contribution in [0.25, 0.3) is 5.69 Å². The molecule has 20 heavy (non-hydrogen) atoms. The molecule has 2 N–H and O–H groups in total. The molecular formula is C16H22N2O2. The number of hydrogen-bond acceptors (Lipinski definition) is 2. The molecule has 108 valence electrons. The fourth-order valence-corrected chi connectivity index (χ4v) is 2.31. The van der Waals surface area contributed by atoms with Crippen LogP contribution in [0.2, 0.25) is 0 Å². The number of aromatic nitrogens is 2. The predicted octanol–water partition coefficient (Wildman–Crippen LogP) is 2.31. The van der Waals surface area contributed by atoms with Crippen molar-refractivity contribution in [1.82, 2.24) is 9.78 Å². The smallest absolute Gasteiger partial charge is 0.274 e.